The molecule has 0 aliphatic carbocycles. The van der Waals surface area contributed by atoms with Gasteiger partial charge in [0.1, 0.15) is 6.73 Å². The summed E-state index contributed by atoms with van der Waals surface area (Å²) in [6.45, 7) is 5.58. The summed E-state index contributed by atoms with van der Waals surface area (Å²) in [5.74, 6) is -0.106. The fourth-order valence-corrected chi connectivity index (χ4v) is 1.32. The van der Waals surface area contributed by atoms with E-state index in [4.69, 9.17) is 9.47 Å². The van der Waals surface area contributed by atoms with Crippen molar-refractivity contribution < 1.29 is 19.1 Å². The number of rotatable bonds is 11. The van der Waals surface area contributed by atoms with Gasteiger partial charge in [0, 0.05) is 39.2 Å². The lowest BCUT2D eigenvalue weighted by molar-refractivity contribution is -0.126. The lowest BCUT2D eigenvalue weighted by atomic mass is 10.1. The maximum Gasteiger partial charge on any atom is 0.222 e. The van der Waals surface area contributed by atoms with Gasteiger partial charge in [-0.3, -0.25) is 9.59 Å². The third-order valence-electron chi connectivity index (χ3n) is 2.66. The van der Waals surface area contributed by atoms with Gasteiger partial charge in [0.05, 0.1) is 0 Å². The van der Waals surface area contributed by atoms with E-state index in [0.29, 0.717) is 32.6 Å². The average molecular weight is 274 g/mol. The molecule has 0 rings (SSSR count). The summed E-state index contributed by atoms with van der Waals surface area (Å²) in [4.78, 5) is 22.6. The van der Waals surface area contributed by atoms with Gasteiger partial charge in [0.25, 0.3) is 0 Å². The highest BCUT2D eigenvalue weighted by molar-refractivity contribution is 5.78. The van der Waals surface area contributed by atoms with E-state index in [2.05, 4.69) is 10.6 Å². The average Bonchev–Trinajstić information content (AvgIpc) is 2.42. The van der Waals surface area contributed by atoms with E-state index in [1.165, 1.54) is 0 Å². The topological polar surface area (TPSA) is 76.7 Å². The minimum atomic E-state index is -0.0931. The summed E-state index contributed by atoms with van der Waals surface area (Å²) in [6.07, 6.45) is 1.90. The van der Waals surface area contributed by atoms with E-state index >= 15 is 0 Å². The van der Waals surface area contributed by atoms with Gasteiger partial charge in [0.2, 0.25) is 11.8 Å². The minimum Gasteiger partial charge on any atom is -0.385 e. The Labute approximate surface area is 115 Å². The van der Waals surface area contributed by atoms with Crippen molar-refractivity contribution >= 4 is 11.8 Å². The molecule has 0 saturated heterocycles. The second kappa shape index (κ2) is 11.9. The summed E-state index contributed by atoms with van der Waals surface area (Å²) in [6, 6.07) is 0. The number of hydrogen-bond donors (Lipinski definition) is 2. The van der Waals surface area contributed by atoms with Gasteiger partial charge in [-0.1, -0.05) is 13.8 Å². The van der Waals surface area contributed by atoms with E-state index in [1.54, 1.807) is 14.0 Å². The molecule has 6 heteroatoms. The highest BCUT2D eigenvalue weighted by atomic mass is 16.5. The molecule has 0 fully saturated rings. The molecule has 0 aliphatic heterocycles. The molecule has 112 valence electrons. The van der Waals surface area contributed by atoms with Crippen LogP contribution in [0.25, 0.3) is 0 Å². The van der Waals surface area contributed by atoms with Crippen LogP contribution in [0.4, 0.5) is 0 Å². The van der Waals surface area contributed by atoms with Crippen molar-refractivity contribution in [1.29, 1.82) is 0 Å². The first-order valence-corrected chi connectivity index (χ1v) is 6.72. The molecule has 0 spiro atoms. The van der Waals surface area contributed by atoms with Crippen LogP contribution in [0.5, 0.6) is 0 Å². The molecule has 0 radical (unpaired) electrons. The zero-order chi connectivity index (χ0) is 14.5. The predicted molar refractivity (Wildman–Crippen MR) is 72.5 cm³/mol. The third kappa shape index (κ3) is 10.5. The van der Waals surface area contributed by atoms with Gasteiger partial charge in [-0.2, -0.15) is 0 Å². The van der Waals surface area contributed by atoms with Crippen LogP contribution in [0.15, 0.2) is 0 Å². The van der Waals surface area contributed by atoms with Gasteiger partial charge in [-0.25, -0.2) is 0 Å². The smallest absolute Gasteiger partial charge is 0.222 e. The van der Waals surface area contributed by atoms with Crippen molar-refractivity contribution in [2.45, 2.75) is 33.1 Å². The zero-order valence-corrected chi connectivity index (χ0v) is 12.2. The maximum absolute atomic E-state index is 11.6. The van der Waals surface area contributed by atoms with E-state index < -0.39 is 0 Å². The van der Waals surface area contributed by atoms with Crippen LogP contribution in [0.2, 0.25) is 0 Å². The molecule has 1 unspecified atom stereocenters. The third-order valence-corrected chi connectivity index (χ3v) is 2.66. The van der Waals surface area contributed by atoms with Crippen molar-refractivity contribution in [3.63, 3.8) is 0 Å². The number of carbonyl (C=O) groups is 2. The molecule has 0 bridgehead atoms. The van der Waals surface area contributed by atoms with Gasteiger partial charge < -0.3 is 20.1 Å². The highest BCUT2D eigenvalue weighted by Gasteiger charge is 2.11. The molecule has 1 atom stereocenters. The number of hydrogen-bond acceptors (Lipinski definition) is 4. The molecule has 0 aromatic rings. The van der Waals surface area contributed by atoms with Crippen LogP contribution in [-0.4, -0.2) is 45.4 Å². The predicted octanol–water partition coefficient (Wildman–Crippen LogP) is 0.666. The fraction of sp³-hybridized carbons (Fsp3) is 0.846. The van der Waals surface area contributed by atoms with E-state index in [1.807, 2.05) is 6.92 Å². The van der Waals surface area contributed by atoms with Crippen LogP contribution in [0.3, 0.4) is 0 Å². The molecule has 19 heavy (non-hydrogen) atoms. The molecule has 0 aromatic heterocycles. The molecule has 0 heterocycles. The molecule has 6 nitrogen and oxygen atoms in total. The first-order valence-electron chi connectivity index (χ1n) is 6.72. The first-order chi connectivity index (χ1) is 9.11. The van der Waals surface area contributed by atoms with Crippen molar-refractivity contribution in [2.75, 3.05) is 33.6 Å². The SMILES string of the molecule is CCC(=O)NCOCCC(C)C(=O)NCCCOC. The monoisotopic (exact) mass is 274 g/mol. The van der Waals surface area contributed by atoms with Gasteiger partial charge in [-0.15, -0.1) is 0 Å². The van der Waals surface area contributed by atoms with E-state index in [9.17, 15) is 9.59 Å². The Bertz CT molecular complexity index is 259. The molecule has 0 aliphatic rings. The Morgan fingerprint density at radius 2 is 1.95 bits per heavy atom. The Morgan fingerprint density at radius 1 is 1.21 bits per heavy atom. The summed E-state index contributed by atoms with van der Waals surface area (Å²) in [5.41, 5.74) is 0. The molecule has 2 amide bonds. The largest absolute Gasteiger partial charge is 0.385 e. The maximum atomic E-state index is 11.6. The van der Waals surface area contributed by atoms with Crippen molar-refractivity contribution in [2.24, 2.45) is 5.92 Å². The number of ether oxygens (including phenoxy) is 2. The lowest BCUT2D eigenvalue weighted by Crippen LogP contribution is -2.31. The van der Waals surface area contributed by atoms with Gasteiger partial charge >= 0.3 is 0 Å². The summed E-state index contributed by atoms with van der Waals surface area (Å²) in [5, 5.41) is 5.45. The Hall–Kier alpha value is -1.14. The van der Waals surface area contributed by atoms with Crippen LogP contribution in [0, 0.1) is 5.92 Å². The quantitative estimate of drug-likeness (QED) is 0.429. The normalized spacial score (nSPS) is 11.9. The van der Waals surface area contributed by atoms with Gasteiger partial charge in [0.15, 0.2) is 0 Å². The number of amides is 2. The molecule has 0 saturated carbocycles. The number of methoxy groups -OCH3 is 1. The summed E-state index contributed by atoms with van der Waals surface area (Å²) >= 11 is 0. The second-order valence-electron chi connectivity index (χ2n) is 4.33. The van der Waals surface area contributed by atoms with Crippen LogP contribution in [0.1, 0.15) is 33.1 Å². The first kappa shape index (κ1) is 17.9. The molecular formula is C13H26N2O4. The Kier molecular flexibility index (Phi) is 11.2. The highest BCUT2D eigenvalue weighted by Crippen LogP contribution is 2.01. The summed E-state index contributed by atoms with van der Waals surface area (Å²) < 4.78 is 10.1. The standard InChI is InChI=1S/C13H26N2O4/c1-4-12(16)15-10-19-9-6-11(2)13(17)14-7-5-8-18-3/h11H,4-10H2,1-3H3,(H,14,17)(H,15,16). The molecule has 0 aromatic carbocycles. The minimum absolute atomic E-state index is 0.0253. The zero-order valence-electron chi connectivity index (χ0n) is 12.2. The van der Waals surface area contributed by atoms with Crippen molar-refractivity contribution in [3.8, 4) is 0 Å². The second-order valence-corrected chi connectivity index (χ2v) is 4.33. The Balaban J connectivity index is 3.48. The Morgan fingerprint density at radius 3 is 2.58 bits per heavy atom. The molecule has 2 N–H and O–H groups in total. The summed E-state index contributed by atoms with van der Waals surface area (Å²) in [7, 11) is 1.64. The van der Waals surface area contributed by atoms with Crippen molar-refractivity contribution in [1.82, 2.24) is 10.6 Å². The van der Waals surface area contributed by atoms with Crippen LogP contribution in [-0.2, 0) is 19.1 Å². The van der Waals surface area contributed by atoms with E-state index in [-0.39, 0.29) is 24.5 Å². The van der Waals surface area contributed by atoms with Crippen LogP contribution < -0.4 is 10.6 Å². The van der Waals surface area contributed by atoms with Crippen LogP contribution >= 0.6 is 0 Å². The lowest BCUT2D eigenvalue weighted by Gasteiger charge is -2.12. The van der Waals surface area contributed by atoms with Gasteiger partial charge in [-0.05, 0) is 12.8 Å². The van der Waals surface area contributed by atoms with Crippen molar-refractivity contribution in [3.05, 3.63) is 0 Å². The number of nitrogens with one attached hydrogen (secondary N) is 2. The van der Waals surface area contributed by atoms with E-state index in [0.717, 1.165) is 6.42 Å². The fourth-order valence-electron chi connectivity index (χ4n) is 1.32. The molecular weight excluding hydrogens is 248 g/mol. The number of carbonyl (C=O) groups excluding carboxylic acids is 2.